The van der Waals surface area contributed by atoms with E-state index < -0.39 is 6.10 Å². The van der Waals surface area contributed by atoms with Gasteiger partial charge in [-0.2, -0.15) is 0 Å². The smallest absolute Gasteiger partial charge is 0.306 e. The first-order chi connectivity index (χ1) is 26.6. The molecule has 1 unspecified atom stereocenters. The van der Waals surface area contributed by atoms with Gasteiger partial charge in [0.1, 0.15) is 6.61 Å². The lowest BCUT2D eigenvalue weighted by Gasteiger charge is -2.18. The summed E-state index contributed by atoms with van der Waals surface area (Å²) in [4.78, 5) is 25.2. The third kappa shape index (κ3) is 42.3. The lowest BCUT2D eigenvalue weighted by molar-refractivity contribution is -0.163. The highest BCUT2D eigenvalue weighted by Gasteiger charge is 2.17. The van der Waals surface area contributed by atoms with E-state index in [9.17, 15) is 9.59 Å². The molecule has 0 heterocycles. The van der Waals surface area contributed by atoms with E-state index in [-0.39, 0.29) is 25.2 Å². The lowest BCUT2D eigenvalue weighted by Crippen LogP contribution is -2.30. The molecule has 0 N–H and O–H groups in total. The van der Waals surface area contributed by atoms with Crippen molar-refractivity contribution in [3.05, 3.63) is 60.8 Å². The first-order valence-electron chi connectivity index (χ1n) is 22.8. The van der Waals surface area contributed by atoms with Gasteiger partial charge in [0, 0.05) is 19.4 Å². The van der Waals surface area contributed by atoms with Crippen molar-refractivity contribution >= 4 is 11.9 Å². The molecule has 5 heteroatoms. The van der Waals surface area contributed by atoms with Gasteiger partial charge in [0.2, 0.25) is 0 Å². The molecule has 0 aliphatic carbocycles. The Labute approximate surface area is 334 Å². The molecule has 312 valence electrons. The first-order valence-corrected chi connectivity index (χ1v) is 22.8. The van der Waals surface area contributed by atoms with Crippen molar-refractivity contribution in [2.75, 3.05) is 19.8 Å². The van der Waals surface area contributed by atoms with Crippen molar-refractivity contribution < 1.29 is 23.8 Å². The molecule has 0 aromatic rings. The number of hydrogen-bond acceptors (Lipinski definition) is 5. The van der Waals surface area contributed by atoms with Crippen LogP contribution in [0.2, 0.25) is 0 Å². The van der Waals surface area contributed by atoms with Crippen molar-refractivity contribution in [3.8, 4) is 0 Å². The summed E-state index contributed by atoms with van der Waals surface area (Å²) < 4.78 is 17.2. The summed E-state index contributed by atoms with van der Waals surface area (Å²) in [6, 6.07) is 0. The van der Waals surface area contributed by atoms with Gasteiger partial charge in [0.05, 0.1) is 6.61 Å². The van der Waals surface area contributed by atoms with E-state index in [1.54, 1.807) is 0 Å². The molecular formula is C49H86O5. The number of rotatable bonds is 41. The molecule has 0 fully saturated rings. The minimum atomic E-state index is -0.541. The Morgan fingerprint density at radius 3 is 1.41 bits per heavy atom. The van der Waals surface area contributed by atoms with Crippen molar-refractivity contribution in [1.29, 1.82) is 0 Å². The second-order valence-corrected chi connectivity index (χ2v) is 14.9. The average molecular weight is 755 g/mol. The highest BCUT2D eigenvalue weighted by molar-refractivity contribution is 5.70. The van der Waals surface area contributed by atoms with Gasteiger partial charge in [-0.3, -0.25) is 9.59 Å². The zero-order valence-corrected chi connectivity index (χ0v) is 35.7. The quantitative estimate of drug-likeness (QED) is 0.0353. The van der Waals surface area contributed by atoms with Gasteiger partial charge in [0.25, 0.3) is 0 Å². The fourth-order valence-electron chi connectivity index (χ4n) is 6.13. The van der Waals surface area contributed by atoms with E-state index >= 15 is 0 Å². The summed E-state index contributed by atoms with van der Waals surface area (Å²) in [7, 11) is 0. The lowest BCUT2D eigenvalue weighted by atomic mass is 10.1. The molecule has 0 saturated carbocycles. The maximum absolute atomic E-state index is 12.7. The molecule has 0 spiro atoms. The molecule has 1 atom stereocenters. The topological polar surface area (TPSA) is 61.8 Å². The zero-order valence-electron chi connectivity index (χ0n) is 35.7. The minimum Gasteiger partial charge on any atom is -0.462 e. The fraction of sp³-hybridized carbons (Fsp3) is 0.755. The van der Waals surface area contributed by atoms with Crippen LogP contribution in [0.3, 0.4) is 0 Å². The molecule has 0 aromatic carbocycles. The van der Waals surface area contributed by atoms with Gasteiger partial charge in [-0.25, -0.2) is 0 Å². The predicted molar refractivity (Wildman–Crippen MR) is 233 cm³/mol. The summed E-state index contributed by atoms with van der Waals surface area (Å²) in [5.41, 5.74) is 0. The van der Waals surface area contributed by atoms with Crippen LogP contribution in [0.15, 0.2) is 60.8 Å². The van der Waals surface area contributed by atoms with Crippen LogP contribution >= 0.6 is 0 Å². The largest absolute Gasteiger partial charge is 0.462 e. The molecule has 0 bridgehead atoms. The molecule has 5 nitrogen and oxygen atoms in total. The van der Waals surface area contributed by atoms with E-state index in [0.29, 0.717) is 19.4 Å². The Kier molecular flexibility index (Phi) is 43.0. The Morgan fingerprint density at radius 2 is 0.852 bits per heavy atom. The zero-order chi connectivity index (χ0) is 39.3. The number of carbonyl (C=O) groups is 2. The second-order valence-electron chi connectivity index (χ2n) is 14.9. The van der Waals surface area contributed by atoms with E-state index in [1.165, 1.54) is 89.9 Å². The second kappa shape index (κ2) is 45.0. The molecule has 0 radical (unpaired) electrons. The van der Waals surface area contributed by atoms with Gasteiger partial charge in [0.15, 0.2) is 6.10 Å². The van der Waals surface area contributed by atoms with E-state index in [0.717, 1.165) is 89.9 Å². The molecule has 0 rings (SSSR count). The van der Waals surface area contributed by atoms with Crippen LogP contribution in [0.4, 0.5) is 0 Å². The Bertz CT molecular complexity index is 946. The monoisotopic (exact) mass is 755 g/mol. The summed E-state index contributed by atoms with van der Waals surface area (Å²) in [5.74, 6) is -0.425. The van der Waals surface area contributed by atoms with Gasteiger partial charge in [-0.05, 0) is 77.0 Å². The maximum Gasteiger partial charge on any atom is 0.306 e. The Balaban J connectivity index is 4.19. The number of ether oxygens (including phenoxy) is 3. The van der Waals surface area contributed by atoms with Crippen molar-refractivity contribution in [2.45, 2.75) is 219 Å². The Hall–Kier alpha value is -2.40. The van der Waals surface area contributed by atoms with Crippen LogP contribution in [-0.2, 0) is 23.8 Å². The standard InChI is InChI=1S/C49H86O5/c1-4-7-10-13-16-19-21-22-23-24-25-26-27-28-30-31-33-36-39-42-48(50)53-46-47(45-52-44-41-38-35-18-15-12-9-6-3)54-49(51)43-40-37-34-32-29-20-17-14-11-8-5-2/h7,10,14,16-17,19,22-23,25-26,47H,4-6,8-9,11-13,15,18,20-21,24,27-46H2,1-3H3/b10-7-,17-14-,19-16-,23-22-,26-25-. The summed E-state index contributed by atoms with van der Waals surface area (Å²) in [5, 5.41) is 0. The third-order valence-corrected chi connectivity index (χ3v) is 9.54. The number of hydrogen-bond donors (Lipinski definition) is 0. The summed E-state index contributed by atoms with van der Waals surface area (Å²) in [6.07, 6.45) is 55.0. The molecule has 0 aliphatic heterocycles. The van der Waals surface area contributed by atoms with Gasteiger partial charge >= 0.3 is 11.9 Å². The number of esters is 2. The van der Waals surface area contributed by atoms with Crippen LogP contribution in [0.1, 0.15) is 213 Å². The summed E-state index contributed by atoms with van der Waals surface area (Å²) in [6.45, 7) is 7.64. The third-order valence-electron chi connectivity index (χ3n) is 9.54. The SMILES string of the molecule is CC/C=C\C/C=C\C/C=C\C/C=C\CCCCCCCCC(=O)OCC(COCCCCCCCCCC)OC(=O)CCCCCCC/C=C\CCCC. The van der Waals surface area contributed by atoms with Gasteiger partial charge < -0.3 is 14.2 Å². The summed E-state index contributed by atoms with van der Waals surface area (Å²) >= 11 is 0. The van der Waals surface area contributed by atoms with Gasteiger partial charge in [-0.1, -0.05) is 184 Å². The van der Waals surface area contributed by atoms with Crippen molar-refractivity contribution in [1.82, 2.24) is 0 Å². The normalized spacial score (nSPS) is 12.7. The van der Waals surface area contributed by atoms with Crippen LogP contribution in [0.25, 0.3) is 0 Å². The van der Waals surface area contributed by atoms with E-state index in [2.05, 4.69) is 81.5 Å². The Morgan fingerprint density at radius 1 is 0.426 bits per heavy atom. The van der Waals surface area contributed by atoms with Crippen molar-refractivity contribution in [3.63, 3.8) is 0 Å². The average Bonchev–Trinajstić information content (AvgIpc) is 3.17. The number of unbranched alkanes of at least 4 members (excludes halogenated alkanes) is 20. The molecule has 0 amide bonds. The molecule has 0 aliphatic rings. The molecule has 54 heavy (non-hydrogen) atoms. The highest BCUT2D eigenvalue weighted by atomic mass is 16.6. The number of allylic oxidation sites excluding steroid dienone is 10. The van der Waals surface area contributed by atoms with Crippen LogP contribution < -0.4 is 0 Å². The highest BCUT2D eigenvalue weighted by Crippen LogP contribution is 2.13. The first kappa shape index (κ1) is 51.6. The number of carbonyl (C=O) groups excluding carboxylic acids is 2. The van der Waals surface area contributed by atoms with E-state index in [4.69, 9.17) is 14.2 Å². The fourth-order valence-corrected chi connectivity index (χ4v) is 6.13. The van der Waals surface area contributed by atoms with Crippen molar-refractivity contribution in [2.24, 2.45) is 0 Å². The maximum atomic E-state index is 12.7. The van der Waals surface area contributed by atoms with Crippen LogP contribution in [-0.4, -0.2) is 37.9 Å². The molecule has 0 aromatic heterocycles. The minimum absolute atomic E-state index is 0.0745. The van der Waals surface area contributed by atoms with Crippen LogP contribution in [0, 0.1) is 0 Å². The van der Waals surface area contributed by atoms with Gasteiger partial charge in [-0.15, -0.1) is 0 Å². The molecule has 0 saturated heterocycles. The van der Waals surface area contributed by atoms with Crippen LogP contribution in [0.5, 0.6) is 0 Å². The van der Waals surface area contributed by atoms with E-state index in [1.807, 2.05) is 0 Å². The molecular weight excluding hydrogens is 669 g/mol. The predicted octanol–water partition coefficient (Wildman–Crippen LogP) is 15.0.